The summed E-state index contributed by atoms with van der Waals surface area (Å²) in [6.07, 6.45) is -1.14. The molecule has 0 bridgehead atoms. The number of halogens is 2. The number of hydrogen-bond donors (Lipinski definition) is 3. The molecule has 21 heavy (non-hydrogen) atoms. The number of aromatic carboxylic acids is 1. The minimum atomic E-state index is -1.31. The number of carboxylic acids is 1. The molecule has 0 saturated heterocycles. The Hall–Kier alpha value is -1.99. The molecule has 0 aromatic heterocycles. The maximum absolute atomic E-state index is 11.7. The minimum Gasteiger partial charge on any atom is -0.478 e. The van der Waals surface area contributed by atoms with Gasteiger partial charge < -0.3 is 15.2 Å². The third kappa shape index (κ3) is 4.51. The van der Waals surface area contributed by atoms with Crippen LogP contribution in [0.25, 0.3) is 0 Å². The van der Waals surface area contributed by atoms with Crippen LogP contribution in [0.1, 0.15) is 17.3 Å². The van der Waals surface area contributed by atoms with Crippen LogP contribution in [0.5, 0.6) is 5.75 Å². The van der Waals surface area contributed by atoms with Crippen molar-refractivity contribution in [1.29, 1.82) is 0 Å². The van der Waals surface area contributed by atoms with Crippen LogP contribution in [0.4, 0.5) is 4.79 Å². The molecule has 1 aromatic carbocycles. The van der Waals surface area contributed by atoms with E-state index in [2.05, 4.69) is 5.32 Å². The molecule has 0 radical (unpaired) electrons. The van der Waals surface area contributed by atoms with Gasteiger partial charge in [-0.05, 0) is 19.1 Å². The van der Waals surface area contributed by atoms with Gasteiger partial charge in [0, 0.05) is 12.1 Å². The van der Waals surface area contributed by atoms with Gasteiger partial charge in [-0.25, -0.2) is 9.59 Å². The maximum Gasteiger partial charge on any atom is 0.339 e. The highest BCUT2D eigenvalue weighted by Gasteiger charge is 2.23. The highest BCUT2D eigenvalue weighted by Crippen LogP contribution is 2.33. The maximum atomic E-state index is 11.7. The van der Waals surface area contributed by atoms with Crippen molar-refractivity contribution < 1.29 is 24.2 Å². The van der Waals surface area contributed by atoms with Crippen LogP contribution in [0.3, 0.4) is 0 Å². The number of ether oxygens (including phenoxy) is 1. The van der Waals surface area contributed by atoms with Crippen LogP contribution in [0, 0.1) is 0 Å². The molecule has 0 fully saturated rings. The Morgan fingerprint density at radius 1 is 1.29 bits per heavy atom. The predicted octanol–water partition coefficient (Wildman–Crippen LogP) is 1.91. The third-order valence-corrected chi connectivity index (χ3v) is 2.87. The molecule has 1 atom stereocenters. The van der Waals surface area contributed by atoms with E-state index in [1.54, 1.807) is 0 Å². The molecule has 114 valence electrons. The van der Waals surface area contributed by atoms with Crippen molar-refractivity contribution in [3.8, 4) is 5.75 Å². The molecule has 3 amide bonds. The molecule has 0 aliphatic rings. The fourth-order valence-electron chi connectivity index (χ4n) is 1.35. The molecular weight excluding hydrogens is 323 g/mol. The summed E-state index contributed by atoms with van der Waals surface area (Å²) in [4.78, 5) is 33.8. The summed E-state index contributed by atoms with van der Waals surface area (Å²) in [7, 11) is 1.34. The van der Waals surface area contributed by atoms with Gasteiger partial charge in [-0.1, -0.05) is 23.2 Å². The number of imide groups is 1. The summed E-state index contributed by atoms with van der Waals surface area (Å²) < 4.78 is 5.24. The van der Waals surface area contributed by atoms with Crippen molar-refractivity contribution in [3.05, 3.63) is 27.7 Å². The first-order chi connectivity index (χ1) is 9.76. The number of benzene rings is 1. The van der Waals surface area contributed by atoms with E-state index in [0.29, 0.717) is 0 Å². The number of carboxylic acid groups (broad SMARTS) is 1. The Morgan fingerprint density at radius 3 is 2.43 bits per heavy atom. The van der Waals surface area contributed by atoms with Crippen LogP contribution in [0.2, 0.25) is 10.0 Å². The van der Waals surface area contributed by atoms with Crippen molar-refractivity contribution in [1.82, 2.24) is 10.6 Å². The van der Waals surface area contributed by atoms with Crippen molar-refractivity contribution in [2.75, 3.05) is 7.05 Å². The number of urea groups is 1. The molecule has 0 aliphatic carbocycles. The van der Waals surface area contributed by atoms with Gasteiger partial charge in [0.2, 0.25) is 0 Å². The lowest BCUT2D eigenvalue weighted by Gasteiger charge is -2.17. The number of rotatable bonds is 4. The van der Waals surface area contributed by atoms with Crippen LogP contribution in [-0.2, 0) is 4.79 Å². The topological polar surface area (TPSA) is 105 Å². The Labute approximate surface area is 130 Å². The predicted molar refractivity (Wildman–Crippen MR) is 76.1 cm³/mol. The van der Waals surface area contributed by atoms with Gasteiger partial charge in [0.25, 0.3) is 5.91 Å². The van der Waals surface area contributed by atoms with Crippen molar-refractivity contribution in [2.24, 2.45) is 0 Å². The van der Waals surface area contributed by atoms with E-state index in [4.69, 9.17) is 33.0 Å². The lowest BCUT2D eigenvalue weighted by molar-refractivity contribution is -0.126. The van der Waals surface area contributed by atoms with Crippen LogP contribution in [-0.4, -0.2) is 36.2 Å². The van der Waals surface area contributed by atoms with Gasteiger partial charge in [-0.3, -0.25) is 10.1 Å². The highest BCUT2D eigenvalue weighted by molar-refractivity contribution is 6.36. The van der Waals surface area contributed by atoms with Gasteiger partial charge in [0.15, 0.2) is 11.9 Å². The zero-order chi connectivity index (χ0) is 16.2. The quantitative estimate of drug-likeness (QED) is 0.780. The molecular formula is C12H12Cl2N2O5. The average molecular weight is 335 g/mol. The molecule has 0 spiro atoms. The fraction of sp³-hybridized carbons (Fsp3) is 0.250. The second-order valence-corrected chi connectivity index (χ2v) is 4.74. The van der Waals surface area contributed by atoms with Crippen LogP contribution >= 0.6 is 23.2 Å². The first kappa shape index (κ1) is 17.1. The number of carbonyl (C=O) groups is 3. The molecule has 3 N–H and O–H groups in total. The minimum absolute atomic E-state index is 0.0560. The van der Waals surface area contributed by atoms with Crippen molar-refractivity contribution >= 4 is 41.1 Å². The molecule has 1 unspecified atom stereocenters. The van der Waals surface area contributed by atoms with Gasteiger partial charge >= 0.3 is 12.0 Å². The van der Waals surface area contributed by atoms with E-state index in [-0.39, 0.29) is 21.4 Å². The van der Waals surface area contributed by atoms with Crippen LogP contribution < -0.4 is 15.4 Å². The van der Waals surface area contributed by atoms with E-state index in [1.165, 1.54) is 20.0 Å². The lowest BCUT2D eigenvalue weighted by Crippen LogP contribution is -2.44. The standard InChI is InChI=1S/C12H12Cl2N2O5/c1-5(10(17)16-12(20)15-2)21-9-7(11(18)19)3-6(13)4-8(9)14/h3-5H,1-2H3,(H,18,19)(H2,15,16,17,20). The second kappa shape index (κ2) is 7.14. The number of hydrogen-bond acceptors (Lipinski definition) is 4. The monoisotopic (exact) mass is 334 g/mol. The zero-order valence-corrected chi connectivity index (χ0v) is 12.6. The Kier molecular flexibility index (Phi) is 5.80. The molecule has 0 aliphatic heterocycles. The van der Waals surface area contributed by atoms with Gasteiger partial charge in [-0.2, -0.15) is 0 Å². The number of carbonyl (C=O) groups excluding carboxylic acids is 2. The largest absolute Gasteiger partial charge is 0.478 e. The van der Waals surface area contributed by atoms with Crippen molar-refractivity contribution in [2.45, 2.75) is 13.0 Å². The van der Waals surface area contributed by atoms with E-state index < -0.39 is 24.0 Å². The summed E-state index contributed by atoms with van der Waals surface area (Å²) in [6.45, 7) is 1.34. The van der Waals surface area contributed by atoms with Crippen molar-refractivity contribution in [3.63, 3.8) is 0 Å². The lowest BCUT2D eigenvalue weighted by atomic mass is 10.2. The smallest absolute Gasteiger partial charge is 0.339 e. The fourth-order valence-corrected chi connectivity index (χ4v) is 1.88. The third-order valence-electron chi connectivity index (χ3n) is 2.37. The molecule has 1 rings (SSSR count). The highest BCUT2D eigenvalue weighted by atomic mass is 35.5. The molecule has 0 heterocycles. The summed E-state index contributed by atoms with van der Waals surface area (Å²) in [5.74, 6) is -2.27. The Balaban J connectivity index is 2.99. The Bertz CT molecular complexity index is 591. The van der Waals surface area contributed by atoms with E-state index in [0.717, 1.165) is 6.07 Å². The summed E-state index contributed by atoms with van der Waals surface area (Å²) in [6, 6.07) is 1.72. The summed E-state index contributed by atoms with van der Waals surface area (Å²) >= 11 is 11.6. The number of amides is 3. The van der Waals surface area contributed by atoms with Gasteiger partial charge in [0.1, 0.15) is 5.56 Å². The molecule has 9 heteroatoms. The molecule has 7 nitrogen and oxygen atoms in total. The van der Waals surface area contributed by atoms with E-state index in [1.807, 2.05) is 5.32 Å². The Morgan fingerprint density at radius 2 is 1.90 bits per heavy atom. The normalized spacial score (nSPS) is 11.4. The molecule has 0 saturated carbocycles. The first-order valence-electron chi connectivity index (χ1n) is 5.67. The SMILES string of the molecule is CNC(=O)NC(=O)C(C)Oc1c(Cl)cc(Cl)cc1C(=O)O. The summed E-state index contributed by atoms with van der Waals surface area (Å²) in [5.41, 5.74) is -0.285. The van der Waals surface area contributed by atoms with Gasteiger partial charge in [0.05, 0.1) is 5.02 Å². The number of nitrogens with one attached hydrogen (secondary N) is 2. The first-order valence-corrected chi connectivity index (χ1v) is 6.43. The van der Waals surface area contributed by atoms with E-state index >= 15 is 0 Å². The summed E-state index contributed by atoms with van der Waals surface area (Å²) in [5, 5.41) is 13.3. The molecule has 1 aromatic rings. The van der Waals surface area contributed by atoms with E-state index in [9.17, 15) is 14.4 Å². The van der Waals surface area contributed by atoms with Crippen LogP contribution in [0.15, 0.2) is 12.1 Å². The van der Waals surface area contributed by atoms with Gasteiger partial charge in [-0.15, -0.1) is 0 Å². The zero-order valence-electron chi connectivity index (χ0n) is 11.1. The second-order valence-electron chi connectivity index (χ2n) is 3.90. The average Bonchev–Trinajstić information content (AvgIpc) is 2.40.